The summed E-state index contributed by atoms with van der Waals surface area (Å²) in [6, 6.07) is 19.6. The summed E-state index contributed by atoms with van der Waals surface area (Å²) in [5, 5.41) is 3.10. The maximum absolute atomic E-state index is 13.1. The van der Waals surface area contributed by atoms with Gasteiger partial charge >= 0.3 is 0 Å². The van der Waals surface area contributed by atoms with Crippen LogP contribution < -0.4 is 16.6 Å². The van der Waals surface area contributed by atoms with E-state index in [1.54, 1.807) is 22.9 Å². The fourth-order valence-electron chi connectivity index (χ4n) is 4.74. The molecule has 36 heavy (non-hydrogen) atoms. The van der Waals surface area contributed by atoms with Crippen LogP contribution in [-0.2, 0) is 26.2 Å². The number of carbonyl (C=O) groups is 1. The van der Waals surface area contributed by atoms with E-state index in [0.717, 1.165) is 44.8 Å². The van der Waals surface area contributed by atoms with E-state index in [-0.39, 0.29) is 11.5 Å². The number of hydrogen-bond donors (Lipinski definition) is 2. The van der Waals surface area contributed by atoms with Crippen molar-refractivity contribution in [2.75, 3.05) is 0 Å². The molecule has 0 aliphatic rings. The number of carbonyl (C=O) groups excluding carboxylic acids is 1. The Morgan fingerprint density at radius 1 is 0.861 bits per heavy atom. The second-order valence-electron chi connectivity index (χ2n) is 9.45. The Hall–Kier alpha value is -3.90. The molecule has 0 spiro atoms. The van der Waals surface area contributed by atoms with Crippen LogP contribution in [0.3, 0.4) is 0 Å². The maximum Gasteiger partial charge on any atom is 0.253 e. The molecule has 2 aromatic carbocycles. The molecule has 2 aromatic heterocycles. The smallest absolute Gasteiger partial charge is 0.253 e. The number of nitrogens with two attached hydrogens (primary N) is 1. The highest BCUT2D eigenvalue weighted by Gasteiger charge is 2.16. The molecule has 4 aromatic rings. The van der Waals surface area contributed by atoms with Gasteiger partial charge in [-0.05, 0) is 73.2 Å². The minimum atomic E-state index is -0.0697. The third kappa shape index (κ3) is 5.50. The van der Waals surface area contributed by atoms with Crippen molar-refractivity contribution >= 4 is 5.91 Å². The van der Waals surface area contributed by atoms with Gasteiger partial charge < -0.3 is 20.2 Å². The van der Waals surface area contributed by atoms with Crippen LogP contribution in [0.25, 0.3) is 0 Å². The van der Waals surface area contributed by atoms with Crippen molar-refractivity contribution < 1.29 is 4.79 Å². The van der Waals surface area contributed by atoms with Gasteiger partial charge in [0.2, 0.25) is 0 Å². The highest BCUT2D eigenvalue weighted by Crippen LogP contribution is 2.20. The predicted molar refractivity (Wildman–Crippen MR) is 144 cm³/mol. The monoisotopic (exact) mass is 482 g/mol. The van der Waals surface area contributed by atoms with Gasteiger partial charge in [-0.1, -0.05) is 42.5 Å². The topological polar surface area (TPSA) is 82.0 Å². The molecule has 0 saturated heterocycles. The van der Waals surface area contributed by atoms with Crippen LogP contribution in [0.4, 0.5) is 0 Å². The summed E-state index contributed by atoms with van der Waals surface area (Å²) in [4.78, 5) is 25.0. The van der Waals surface area contributed by atoms with E-state index < -0.39 is 0 Å². The van der Waals surface area contributed by atoms with E-state index >= 15 is 0 Å². The third-order valence-corrected chi connectivity index (χ3v) is 6.85. The summed E-state index contributed by atoms with van der Waals surface area (Å²) in [6.07, 6.45) is 1.80. The fraction of sp³-hybridized carbons (Fsp3) is 0.267. The lowest BCUT2D eigenvalue weighted by Gasteiger charge is -2.14. The average Bonchev–Trinajstić information content (AvgIpc) is 3.14. The molecule has 3 N–H and O–H groups in total. The molecule has 6 nitrogen and oxygen atoms in total. The van der Waals surface area contributed by atoms with Gasteiger partial charge in [0.15, 0.2) is 0 Å². The van der Waals surface area contributed by atoms with E-state index in [0.29, 0.717) is 31.7 Å². The first kappa shape index (κ1) is 25.2. The minimum absolute atomic E-state index is 0.0103. The van der Waals surface area contributed by atoms with E-state index in [1.165, 1.54) is 0 Å². The number of rotatable bonds is 8. The zero-order valence-electron chi connectivity index (χ0n) is 21.5. The fourth-order valence-corrected chi connectivity index (χ4v) is 4.74. The standard InChI is InChI=1S/C30H34N4O2/c1-20-13-26(16-31)14-21(2)28(20)17-32-30(36)27-15-22(3)34(23(27)4)19-25-10-8-24(9-11-25)18-33-12-6-5-7-29(33)35/h5-15H,16-19,31H2,1-4H3,(H,32,36). The lowest BCUT2D eigenvalue weighted by atomic mass is 9.99. The second-order valence-corrected chi connectivity index (χ2v) is 9.45. The molecule has 6 heteroatoms. The van der Waals surface area contributed by atoms with Gasteiger partial charge in [-0.2, -0.15) is 0 Å². The molecule has 0 fully saturated rings. The van der Waals surface area contributed by atoms with Crippen LogP contribution in [0.2, 0.25) is 0 Å². The first-order valence-electron chi connectivity index (χ1n) is 12.2. The van der Waals surface area contributed by atoms with Crippen molar-refractivity contribution in [1.29, 1.82) is 0 Å². The highest BCUT2D eigenvalue weighted by atomic mass is 16.1. The van der Waals surface area contributed by atoms with E-state index in [9.17, 15) is 9.59 Å². The van der Waals surface area contributed by atoms with E-state index in [2.05, 4.69) is 60.1 Å². The van der Waals surface area contributed by atoms with Crippen LogP contribution in [0, 0.1) is 27.7 Å². The summed E-state index contributed by atoms with van der Waals surface area (Å²) < 4.78 is 3.86. The Morgan fingerprint density at radius 2 is 1.50 bits per heavy atom. The van der Waals surface area contributed by atoms with Gasteiger partial charge in [0, 0.05) is 43.3 Å². The lowest BCUT2D eigenvalue weighted by Crippen LogP contribution is -2.24. The lowest BCUT2D eigenvalue weighted by molar-refractivity contribution is 0.0950. The number of nitrogens with one attached hydrogen (secondary N) is 1. The van der Waals surface area contributed by atoms with Crippen molar-refractivity contribution in [3.05, 3.63) is 128 Å². The van der Waals surface area contributed by atoms with Gasteiger partial charge in [0.1, 0.15) is 0 Å². The number of nitrogens with zero attached hydrogens (tertiary/aromatic N) is 2. The summed E-state index contributed by atoms with van der Waals surface area (Å²) in [6.45, 7) is 10.3. The zero-order chi connectivity index (χ0) is 25.8. The summed E-state index contributed by atoms with van der Waals surface area (Å²) in [7, 11) is 0. The normalized spacial score (nSPS) is 11.0. The van der Waals surface area contributed by atoms with Crippen molar-refractivity contribution in [3.8, 4) is 0 Å². The first-order chi connectivity index (χ1) is 17.3. The Balaban J connectivity index is 1.45. The van der Waals surface area contributed by atoms with Crippen molar-refractivity contribution in [2.45, 2.75) is 53.9 Å². The molecular weight excluding hydrogens is 448 g/mol. The number of pyridine rings is 1. The van der Waals surface area contributed by atoms with Crippen molar-refractivity contribution in [3.63, 3.8) is 0 Å². The molecule has 4 rings (SSSR count). The molecule has 0 radical (unpaired) electrons. The molecule has 0 aliphatic carbocycles. The molecule has 0 atom stereocenters. The van der Waals surface area contributed by atoms with Gasteiger partial charge in [-0.3, -0.25) is 9.59 Å². The number of benzene rings is 2. The Bertz CT molecular complexity index is 1420. The van der Waals surface area contributed by atoms with Gasteiger partial charge in [-0.15, -0.1) is 0 Å². The summed E-state index contributed by atoms with van der Waals surface area (Å²) >= 11 is 0. The van der Waals surface area contributed by atoms with Crippen LogP contribution in [-0.4, -0.2) is 15.0 Å². The van der Waals surface area contributed by atoms with Crippen molar-refractivity contribution in [1.82, 2.24) is 14.5 Å². The van der Waals surface area contributed by atoms with Gasteiger partial charge in [0.05, 0.1) is 12.1 Å². The molecule has 0 bridgehead atoms. The molecular formula is C30H34N4O2. The summed E-state index contributed by atoms with van der Waals surface area (Å²) in [5.74, 6) is -0.0697. The number of aryl methyl sites for hydroxylation is 3. The predicted octanol–water partition coefficient (Wildman–Crippen LogP) is 4.37. The SMILES string of the molecule is Cc1cc(CN)cc(C)c1CNC(=O)c1cc(C)n(Cc2ccc(Cn3ccccc3=O)cc2)c1C. The van der Waals surface area contributed by atoms with Crippen molar-refractivity contribution in [2.24, 2.45) is 5.73 Å². The number of aromatic nitrogens is 2. The Kier molecular flexibility index (Phi) is 7.55. The highest BCUT2D eigenvalue weighted by molar-refractivity contribution is 5.95. The zero-order valence-corrected chi connectivity index (χ0v) is 21.5. The Labute approximate surface area is 212 Å². The maximum atomic E-state index is 13.1. The molecule has 0 saturated carbocycles. The van der Waals surface area contributed by atoms with E-state index in [1.807, 2.05) is 26.0 Å². The van der Waals surface area contributed by atoms with Gasteiger partial charge in [-0.25, -0.2) is 0 Å². The third-order valence-electron chi connectivity index (χ3n) is 6.85. The van der Waals surface area contributed by atoms with Crippen LogP contribution in [0.15, 0.2) is 71.7 Å². The van der Waals surface area contributed by atoms with Crippen LogP contribution in [0.1, 0.15) is 55.1 Å². The Morgan fingerprint density at radius 3 is 2.11 bits per heavy atom. The van der Waals surface area contributed by atoms with Crippen LogP contribution in [0.5, 0.6) is 0 Å². The number of amides is 1. The molecule has 1 amide bonds. The first-order valence-corrected chi connectivity index (χ1v) is 12.2. The summed E-state index contributed by atoms with van der Waals surface area (Å²) in [5.41, 5.74) is 15.2. The number of hydrogen-bond acceptors (Lipinski definition) is 3. The minimum Gasteiger partial charge on any atom is -0.348 e. The van der Waals surface area contributed by atoms with E-state index in [4.69, 9.17) is 5.73 Å². The largest absolute Gasteiger partial charge is 0.348 e. The van der Waals surface area contributed by atoms with Crippen LogP contribution >= 0.6 is 0 Å². The molecule has 2 heterocycles. The molecule has 186 valence electrons. The average molecular weight is 483 g/mol. The van der Waals surface area contributed by atoms with Gasteiger partial charge in [0.25, 0.3) is 11.5 Å². The second kappa shape index (κ2) is 10.8. The molecule has 0 aliphatic heterocycles. The molecule has 0 unspecified atom stereocenters. The quantitative estimate of drug-likeness (QED) is 0.391.